The molecule has 5 rings (SSSR count). The zero-order valence-corrected chi connectivity index (χ0v) is 23.8. The number of fused-ring (bicyclic) bond motifs is 1. The maximum atomic E-state index is 13.0. The minimum atomic E-state index is -4.77. The van der Waals surface area contributed by atoms with Crippen LogP contribution in [0.1, 0.15) is 22.3 Å². The van der Waals surface area contributed by atoms with E-state index >= 15 is 0 Å². The number of amides is 3. The Labute approximate surface area is 249 Å². The van der Waals surface area contributed by atoms with Gasteiger partial charge in [0.2, 0.25) is 11.7 Å². The highest BCUT2D eigenvalue weighted by atomic mass is 79.9. The number of hydrogen-bond donors (Lipinski definition) is 0. The number of nitrogens with zero attached hydrogens (tertiary/aromatic N) is 3. The quantitative estimate of drug-likeness (QED) is 0.162. The third-order valence-electron chi connectivity index (χ3n) is 6.61. The van der Waals surface area contributed by atoms with Gasteiger partial charge in [0.15, 0.2) is 0 Å². The highest BCUT2D eigenvalue weighted by molar-refractivity contribution is 9.10. The summed E-state index contributed by atoms with van der Waals surface area (Å²) in [6.07, 6.45) is -2.63. The molecule has 14 heteroatoms. The maximum Gasteiger partial charge on any atom is 0.416 e. The zero-order valence-electron chi connectivity index (χ0n) is 21.4. The number of ether oxygens (including phenoxy) is 1. The van der Waals surface area contributed by atoms with Crippen LogP contribution in [0.2, 0.25) is 0 Å². The van der Waals surface area contributed by atoms with Gasteiger partial charge in [-0.05, 0) is 81.1 Å². The van der Waals surface area contributed by atoms with Gasteiger partial charge in [-0.15, -0.1) is 0 Å². The first-order valence-corrected chi connectivity index (χ1v) is 13.9. The lowest BCUT2D eigenvalue weighted by Gasteiger charge is -2.29. The highest BCUT2D eigenvalue weighted by Crippen LogP contribution is 2.40. The summed E-state index contributed by atoms with van der Waals surface area (Å²) in [5.41, 5.74) is 0.596. The van der Waals surface area contributed by atoms with Gasteiger partial charge in [0, 0.05) is 19.2 Å². The van der Waals surface area contributed by atoms with Crippen molar-refractivity contribution in [3.05, 3.63) is 102 Å². The molecule has 0 spiro atoms. The summed E-state index contributed by atoms with van der Waals surface area (Å²) < 4.78 is 44.8. The smallest absolute Gasteiger partial charge is 0.416 e. The second-order valence-corrected chi connectivity index (χ2v) is 11.2. The number of alkyl halides is 3. The minimum absolute atomic E-state index is 0.0665. The van der Waals surface area contributed by atoms with E-state index in [0.717, 1.165) is 22.1 Å². The zero-order chi connectivity index (χ0) is 30.2. The summed E-state index contributed by atoms with van der Waals surface area (Å²) >= 11 is 3.96. The fourth-order valence-corrected chi connectivity index (χ4v) is 5.78. The van der Waals surface area contributed by atoms with Crippen molar-refractivity contribution < 1.29 is 37.2 Å². The normalized spacial score (nSPS) is 16.1. The van der Waals surface area contributed by atoms with Crippen molar-refractivity contribution in [2.24, 2.45) is 0 Å². The van der Waals surface area contributed by atoms with Crippen molar-refractivity contribution in [3.8, 4) is 11.5 Å². The summed E-state index contributed by atoms with van der Waals surface area (Å²) in [7, 11) is 0. The third-order valence-corrected chi connectivity index (χ3v) is 8.13. The lowest BCUT2D eigenvalue weighted by atomic mass is 10.00. The van der Waals surface area contributed by atoms with Crippen LogP contribution in [0.15, 0.2) is 70.0 Å². The maximum absolute atomic E-state index is 13.0. The molecule has 0 unspecified atom stereocenters. The van der Waals surface area contributed by atoms with Gasteiger partial charge in [0.25, 0.3) is 11.1 Å². The molecule has 2 aliphatic heterocycles. The summed E-state index contributed by atoms with van der Waals surface area (Å²) in [5, 5.41) is 10.8. The molecule has 3 amide bonds. The van der Waals surface area contributed by atoms with Crippen LogP contribution in [0.25, 0.3) is 6.08 Å². The standard InChI is InChI=1S/C28H19BrF3N3O6S/c29-20-11-16(5-7-22(20)41-23-8-6-19(28(30,31)32)13-21(23)35(39)40)12-24-26(37)34(27(38)42-24)15-25(36)33-10-9-17-3-1-2-4-18(17)14-33/h1-8,11-13H,9-10,14-15H2/b24-12+. The Kier molecular flexibility index (Phi) is 8.10. The second kappa shape index (κ2) is 11.6. The molecule has 2 aliphatic rings. The van der Waals surface area contributed by atoms with Gasteiger partial charge >= 0.3 is 11.9 Å². The summed E-state index contributed by atoms with van der Waals surface area (Å²) in [5.74, 6) is -1.29. The number of carbonyl (C=O) groups is 3. The fraction of sp³-hybridized carbons (Fsp3) is 0.179. The van der Waals surface area contributed by atoms with E-state index in [1.165, 1.54) is 24.3 Å². The predicted molar refractivity (Wildman–Crippen MR) is 151 cm³/mol. The molecule has 42 heavy (non-hydrogen) atoms. The summed E-state index contributed by atoms with van der Waals surface area (Å²) in [6.45, 7) is 0.506. The van der Waals surface area contributed by atoms with Crippen molar-refractivity contribution in [2.75, 3.05) is 13.1 Å². The first kappa shape index (κ1) is 29.3. The second-order valence-electron chi connectivity index (χ2n) is 9.33. The minimum Gasteiger partial charge on any atom is -0.449 e. The molecule has 1 fully saturated rings. The number of imide groups is 1. The average molecular weight is 662 g/mol. The number of rotatable bonds is 6. The van der Waals surface area contributed by atoms with E-state index in [0.29, 0.717) is 49.0 Å². The van der Waals surface area contributed by atoms with E-state index in [4.69, 9.17) is 4.74 Å². The number of nitro groups is 1. The predicted octanol–water partition coefficient (Wildman–Crippen LogP) is 6.79. The molecule has 2 heterocycles. The number of halogens is 4. The molecule has 0 aliphatic carbocycles. The largest absolute Gasteiger partial charge is 0.449 e. The Hall–Kier alpha value is -4.17. The van der Waals surface area contributed by atoms with Crippen LogP contribution < -0.4 is 4.74 Å². The molecule has 0 N–H and O–H groups in total. The third kappa shape index (κ3) is 6.19. The van der Waals surface area contributed by atoms with Crippen LogP contribution in [0.5, 0.6) is 11.5 Å². The first-order valence-electron chi connectivity index (χ1n) is 12.3. The van der Waals surface area contributed by atoms with Crippen LogP contribution >= 0.6 is 27.7 Å². The Balaban J connectivity index is 1.28. The van der Waals surface area contributed by atoms with Gasteiger partial charge in [-0.2, -0.15) is 13.2 Å². The van der Waals surface area contributed by atoms with Crippen molar-refractivity contribution >= 4 is 56.5 Å². The van der Waals surface area contributed by atoms with Gasteiger partial charge in [-0.3, -0.25) is 29.4 Å². The lowest BCUT2D eigenvalue weighted by molar-refractivity contribution is -0.385. The molecule has 216 valence electrons. The van der Waals surface area contributed by atoms with E-state index < -0.39 is 39.2 Å². The van der Waals surface area contributed by atoms with E-state index in [9.17, 15) is 37.7 Å². The Morgan fingerprint density at radius 3 is 2.48 bits per heavy atom. The van der Waals surface area contributed by atoms with Crippen molar-refractivity contribution in [1.29, 1.82) is 0 Å². The van der Waals surface area contributed by atoms with Crippen LogP contribution in [-0.4, -0.2) is 44.9 Å². The number of benzene rings is 3. The number of nitro benzene ring substituents is 1. The highest BCUT2D eigenvalue weighted by Gasteiger charge is 2.38. The van der Waals surface area contributed by atoms with Crippen molar-refractivity contribution in [3.63, 3.8) is 0 Å². The van der Waals surface area contributed by atoms with Crippen LogP contribution in [0, 0.1) is 10.1 Å². The fourth-order valence-electron chi connectivity index (χ4n) is 4.46. The number of thioether (sulfide) groups is 1. The van der Waals surface area contributed by atoms with Gasteiger partial charge < -0.3 is 9.64 Å². The van der Waals surface area contributed by atoms with Crippen molar-refractivity contribution in [1.82, 2.24) is 9.80 Å². The Morgan fingerprint density at radius 2 is 1.79 bits per heavy atom. The summed E-state index contributed by atoms with van der Waals surface area (Å²) in [4.78, 5) is 51.5. The lowest BCUT2D eigenvalue weighted by Crippen LogP contribution is -2.44. The van der Waals surface area contributed by atoms with E-state index in [1.54, 1.807) is 4.90 Å². The average Bonchev–Trinajstić information content (AvgIpc) is 3.20. The molecule has 9 nitrogen and oxygen atoms in total. The Morgan fingerprint density at radius 1 is 1.07 bits per heavy atom. The van der Waals surface area contributed by atoms with Gasteiger partial charge in [0.05, 0.1) is 19.9 Å². The summed E-state index contributed by atoms with van der Waals surface area (Å²) in [6, 6.07) is 14.1. The molecule has 0 bridgehead atoms. The molecule has 3 aromatic carbocycles. The van der Waals surface area contributed by atoms with E-state index in [2.05, 4.69) is 15.9 Å². The van der Waals surface area contributed by atoms with Gasteiger partial charge in [-0.25, -0.2) is 0 Å². The topological polar surface area (TPSA) is 110 Å². The SMILES string of the molecule is O=C(CN1C(=O)S/C(=C/c2ccc(Oc3ccc(C(F)(F)F)cc3[N+](=O)[O-])c(Br)c2)C1=O)N1CCc2ccccc2C1. The first-order chi connectivity index (χ1) is 19.9. The van der Waals surface area contributed by atoms with E-state index in [-0.39, 0.29) is 27.6 Å². The number of hydrogen-bond acceptors (Lipinski definition) is 7. The van der Waals surface area contributed by atoms with Crippen LogP contribution in [0.3, 0.4) is 0 Å². The molecule has 0 atom stereocenters. The van der Waals surface area contributed by atoms with Gasteiger partial charge in [-0.1, -0.05) is 30.3 Å². The molecule has 0 saturated carbocycles. The van der Waals surface area contributed by atoms with E-state index in [1.807, 2.05) is 24.3 Å². The molecule has 1 saturated heterocycles. The van der Waals surface area contributed by atoms with Gasteiger partial charge in [0.1, 0.15) is 12.3 Å². The van der Waals surface area contributed by atoms with Crippen LogP contribution in [0.4, 0.5) is 23.7 Å². The molecule has 3 aromatic rings. The Bertz CT molecular complexity index is 1660. The molecule has 0 aromatic heterocycles. The monoisotopic (exact) mass is 661 g/mol. The number of carbonyl (C=O) groups excluding carboxylic acids is 3. The van der Waals surface area contributed by atoms with Crippen molar-refractivity contribution in [2.45, 2.75) is 19.1 Å². The molecular weight excluding hydrogens is 643 g/mol. The van der Waals surface area contributed by atoms with Crippen LogP contribution in [-0.2, 0) is 28.7 Å². The molecular formula is C28H19BrF3N3O6S. The molecule has 0 radical (unpaired) electrons.